The van der Waals surface area contributed by atoms with Gasteiger partial charge in [-0.15, -0.1) is 0 Å². The Bertz CT molecular complexity index is 568. The Morgan fingerprint density at radius 1 is 1.43 bits per heavy atom. The molecule has 0 saturated heterocycles. The van der Waals surface area contributed by atoms with Crippen LogP contribution in [0.4, 0.5) is 10.8 Å². The maximum Gasteiger partial charge on any atom is 0.147 e. The first-order valence-corrected chi connectivity index (χ1v) is 7.69. The number of nitrogens with zero attached hydrogens (tertiary/aromatic N) is 2. The van der Waals surface area contributed by atoms with Gasteiger partial charge in [-0.25, -0.2) is 0 Å². The van der Waals surface area contributed by atoms with Crippen LogP contribution >= 0.6 is 11.5 Å². The number of pyridine rings is 1. The molecule has 0 aliphatic rings. The summed E-state index contributed by atoms with van der Waals surface area (Å²) < 4.78 is 9.42. The summed E-state index contributed by atoms with van der Waals surface area (Å²) in [6, 6.07) is 3.90. The van der Waals surface area contributed by atoms with Crippen molar-refractivity contribution in [2.24, 2.45) is 5.41 Å². The lowest BCUT2D eigenvalue weighted by Gasteiger charge is -2.25. The first-order chi connectivity index (χ1) is 10.0. The Labute approximate surface area is 129 Å². The van der Waals surface area contributed by atoms with Crippen molar-refractivity contribution in [2.75, 3.05) is 31.3 Å². The van der Waals surface area contributed by atoms with Gasteiger partial charge in [-0.1, -0.05) is 19.9 Å². The van der Waals surface area contributed by atoms with Crippen LogP contribution in [0.5, 0.6) is 0 Å². The second-order valence-corrected chi connectivity index (χ2v) is 6.55. The summed E-state index contributed by atoms with van der Waals surface area (Å²) in [5.74, 6) is 0.546. The second kappa shape index (κ2) is 6.87. The number of anilines is 2. The average molecular weight is 306 g/mol. The van der Waals surface area contributed by atoms with Crippen LogP contribution in [0.3, 0.4) is 0 Å². The number of ether oxygens (including phenoxy) is 1. The van der Waals surface area contributed by atoms with Crippen molar-refractivity contribution in [2.45, 2.75) is 20.3 Å². The molecule has 0 saturated carbocycles. The molecule has 0 amide bonds. The van der Waals surface area contributed by atoms with Gasteiger partial charge in [0.05, 0.1) is 5.56 Å². The topological polar surface area (TPSA) is 73.1 Å². The van der Waals surface area contributed by atoms with Gasteiger partial charge in [0, 0.05) is 38.2 Å². The number of hydrogen-bond acceptors (Lipinski definition) is 6. The van der Waals surface area contributed by atoms with Crippen LogP contribution in [0.25, 0.3) is 11.1 Å². The maximum absolute atomic E-state index is 6.00. The molecule has 0 spiro atoms. The standard InChI is InChI=1S/C15H22N4OS/c1-15(2,6-8-20-3)10-18-14-12(13(16)19-21-14)11-5-4-7-17-9-11/h4-5,7,9,18H,6,8,10H2,1-3H3,(H2,16,19). The number of aromatic nitrogens is 2. The summed E-state index contributed by atoms with van der Waals surface area (Å²) >= 11 is 1.39. The van der Waals surface area contributed by atoms with Crippen molar-refractivity contribution >= 4 is 22.4 Å². The molecule has 0 fully saturated rings. The zero-order valence-electron chi connectivity index (χ0n) is 12.7. The van der Waals surface area contributed by atoms with Crippen molar-refractivity contribution in [3.05, 3.63) is 24.5 Å². The van der Waals surface area contributed by atoms with E-state index in [1.54, 1.807) is 19.5 Å². The van der Waals surface area contributed by atoms with E-state index in [-0.39, 0.29) is 5.41 Å². The van der Waals surface area contributed by atoms with Crippen LogP contribution in [0.1, 0.15) is 20.3 Å². The third-order valence-corrected chi connectivity index (χ3v) is 4.20. The Hall–Kier alpha value is -1.66. The Morgan fingerprint density at radius 3 is 2.90 bits per heavy atom. The molecule has 6 heteroatoms. The minimum atomic E-state index is 0.140. The van der Waals surface area contributed by atoms with E-state index in [9.17, 15) is 0 Å². The molecule has 0 aliphatic carbocycles. The summed E-state index contributed by atoms with van der Waals surface area (Å²) in [5.41, 5.74) is 8.07. The van der Waals surface area contributed by atoms with Crippen LogP contribution in [-0.4, -0.2) is 29.6 Å². The normalized spacial score (nSPS) is 11.6. The molecule has 2 aromatic heterocycles. The predicted molar refractivity (Wildman–Crippen MR) is 88.5 cm³/mol. The molecule has 114 valence electrons. The van der Waals surface area contributed by atoms with Crippen molar-refractivity contribution in [3.63, 3.8) is 0 Å². The number of nitrogen functional groups attached to an aromatic ring is 1. The van der Waals surface area contributed by atoms with Crippen LogP contribution in [0, 0.1) is 5.41 Å². The fourth-order valence-corrected chi connectivity index (χ4v) is 2.73. The molecule has 2 aromatic rings. The molecule has 0 atom stereocenters. The molecular formula is C15H22N4OS. The minimum Gasteiger partial charge on any atom is -0.385 e. The van der Waals surface area contributed by atoms with E-state index >= 15 is 0 Å². The number of hydrogen-bond donors (Lipinski definition) is 2. The van der Waals surface area contributed by atoms with Crippen molar-refractivity contribution in [1.82, 2.24) is 9.36 Å². The van der Waals surface area contributed by atoms with Gasteiger partial charge in [-0.2, -0.15) is 4.37 Å². The molecule has 3 N–H and O–H groups in total. The highest BCUT2D eigenvalue weighted by Crippen LogP contribution is 2.37. The van der Waals surface area contributed by atoms with Crippen LogP contribution in [0.2, 0.25) is 0 Å². The van der Waals surface area contributed by atoms with Crippen molar-refractivity contribution in [3.8, 4) is 11.1 Å². The highest BCUT2D eigenvalue weighted by molar-refractivity contribution is 7.11. The van der Waals surface area contributed by atoms with Gasteiger partial charge in [0.15, 0.2) is 0 Å². The molecule has 0 aliphatic heterocycles. The average Bonchev–Trinajstić information content (AvgIpc) is 2.85. The lowest BCUT2D eigenvalue weighted by Crippen LogP contribution is -2.24. The highest BCUT2D eigenvalue weighted by atomic mass is 32.1. The molecule has 0 radical (unpaired) electrons. The summed E-state index contributed by atoms with van der Waals surface area (Å²) in [6.45, 7) is 6.03. The lowest BCUT2D eigenvalue weighted by atomic mass is 9.90. The van der Waals surface area contributed by atoms with Crippen LogP contribution in [-0.2, 0) is 4.74 Å². The van der Waals surface area contributed by atoms with Gasteiger partial charge < -0.3 is 15.8 Å². The maximum atomic E-state index is 6.00. The van der Waals surface area contributed by atoms with E-state index in [2.05, 4.69) is 28.5 Å². The monoisotopic (exact) mass is 306 g/mol. The molecule has 0 unspecified atom stereocenters. The first-order valence-electron chi connectivity index (χ1n) is 6.92. The summed E-state index contributed by atoms with van der Waals surface area (Å²) in [6.07, 6.45) is 4.55. The number of nitrogens with one attached hydrogen (secondary N) is 1. The fourth-order valence-electron chi connectivity index (χ4n) is 2.00. The molecule has 5 nitrogen and oxygen atoms in total. The molecule has 0 aromatic carbocycles. The zero-order valence-corrected chi connectivity index (χ0v) is 13.5. The smallest absolute Gasteiger partial charge is 0.147 e. The third-order valence-electron chi connectivity index (χ3n) is 3.38. The van der Waals surface area contributed by atoms with Gasteiger partial charge in [-0.3, -0.25) is 4.98 Å². The number of rotatable bonds is 7. The Kier molecular flexibility index (Phi) is 5.14. The minimum absolute atomic E-state index is 0.140. The fraction of sp³-hybridized carbons (Fsp3) is 0.467. The Morgan fingerprint density at radius 2 is 2.24 bits per heavy atom. The summed E-state index contributed by atoms with van der Waals surface area (Å²) in [5, 5.41) is 4.47. The second-order valence-electron chi connectivity index (χ2n) is 5.77. The molecule has 0 bridgehead atoms. The van der Waals surface area contributed by atoms with Crippen molar-refractivity contribution in [1.29, 1.82) is 0 Å². The first kappa shape index (κ1) is 15.7. The van der Waals surface area contributed by atoms with E-state index in [4.69, 9.17) is 10.5 Å². The van der Waals surface area contributed by atoms with E-state index < -0.39 is 0 Å². The molecule has 21 heavy (non-hydrogen) atoms. The quantitative estimate of drug-likeness (QED) is 0.821. The van der Waals surface area contributed by atoms with Crippen LogP contribution < -0.4 is 11.1 Å². The number of nitrogens with two attached hydrogens (primary N) is 1. The van der Waals surface area contributed by atoms with E-state index in [0.29, 0.717) is 5.82 Å². The van der Waals surface area contributed by atoms with Gasteiger partial charge in [0.2, 0.25) is 0 Å². The number of methoxy groups -OCH3 is 1. The Balaban J connectivity index is 2.12. The molecular weight excluding hydrogens is 284 g/mol. The molecule has 2 heterocycles. The van der Waals surface area contributed by atoms with Crippen molar-refractivity contribution < 1.29 is 4.74 Å². The summed E-state index contributed by atoms with van der Waals surface area (Å²) in [4.78, 5) is 4.15. The van der Waals surface area contributed by atoms with E-state index in [1.807, 2.05) is 12.1 Å². The van der Waals surface area contributed by atoms with Gasteiger partial charge >= 0.3 is 0 Å². The highest BCUT2D eigenvalue weighted by Gasteiger charge is 2.20. The predicted octanol–water partition coefficient (Wildman–Crippen LogP) is 3.26. The lowest BCUT2D eigenvalue weighted by molar-refractivity contribution is 0.157. The zero-order chi connectivity index (χ0) is 15.3. The van der Waals surface area contributed by atoms with E-state index in [0.717, 1.165) is 35.7 Å². The van der Waals surface area contributed by atoms with Gasteiger partial charge in [-0.05, 0) is 29.4 Å². The molecule has 2 rings (SSSR count). The largest absolute Gasteiger partial charge is 0.385 e. The van der Waals surface area contributed by atoms with Gasteiger partial charge in [0.25, 0.3) is 0 Å². The van der Waals surface area contributed by atoms with E-state index in [1.165, 1.54) is 11.5 Å². The van der Waals surface area contributed by atoms with Crippen LogP contribution in [0.15, 0.2) is 24.5 Å². The SMILES string of the molecule is COCCC(C)(C)CNc1snc(N)c1-c1cccnc1. The summed E-state index contributed by atoms with van der Waals surface area (Å²) in [7, 11) is 1.73. The third kappa shape index (κ3) is 4.15. The van der Waals surface area contributed by atoms with Gasteiger partial charge in [0.1, 0.15) is 10.8 Å².